The van der Waals surface area contributed by atoms with Gasteiger partial charge in [0.15, 0.2) is 5.92 Å². The van der Waals surface area contributed by atoms with Gasteiger partial charge in [0.2, 0.25) is 0 Å². The van der Waals surface area contributed by atoms with Gasteiger partial charge in [0, 0.05) is 5.92 Å². The third-order valence-corrected chi connectivity index (χ3v) is 5.69. The average molecular weight is 326 g/mol. The highest BCUT2D eigenvalue weighted by Gasteiger charge is 2.46. The van der Waals surface area contributed by atoms with E-state index in [-0.39, 0.29) is 0 Å². The Kier molecular flexibility index (Phi) is 6.45. The Morgan fingerprint density at radius 1 is 1.00 bits per heavy atom. The highest BCUT2D eigenvalue weighted by atomic mass is 16.6. The van der Waals surface area contributed by atoms with E-state index in [1.165, 1.54) is 38.8 Å². The number of esters is 2. The van der Waals surface area contributed by atoms with Crippen LogP contribution in [0.2, 0.25) is 0 Å². The quantitative estimate of drug-likeness (QED) is 0.427. The van der Waals surface area contributed by atoms with Crippen molar-refractivity contribution in [2.24, 2.45) is 11.8 Å². The molecule has 2 aliphatic rings. The van der Waals surface area contributed by atoms with Gasteiger partial charge in [0.05, 0.1) is 39.4 Å². The molecule has 0 spiro atoms. The summed E-state index contributed by atoms with van der Waals surface area (Å²) >= 11 is 0. The zero-order valence-corrected chi connectivity index (χ0v) is 14.9. The molecule has 0 aromatic heterocycles. The number of quaternary nitrogens is 1. The largest absolute Gasteiger partial charge is 0.465 e. The molecular weight excluding hydrogens is 294 g/mol. The molecule has 2 fully saturated rings. The van der Waals surface area contributed by atoms with Crippen molar-refractivity contribution < 1.29 is 23.5 Å². The van der Waals surface area contributed by atoms with Crippen LogP contribution < -0.4 is 0 Å². The monoisotopic (exact) mass is 326 g/mol. The number of nitrogens with zero attached hydrogens (tertiary/aromatic N) is 1. The number of piperidine rings is 2. The zero-order valence-electron chi connectivity index (χ0n) is 14.9. The molecule has 0 aromatic rings. The van der Waals surface area contributed by atoms with Crippen LogP contribution >= 0.6 is 0 Å². The van der Waals surface area contributed by atoms with Gasteiger partial charge in [-0.05, 0) is 52.4 Å². The van der Waals surface area contributed by atoms with Gasteiger partial charge in [0.1, 0.15) is 0 Å². The first-order valence-corrected chi connectivity index (χ1v) is 9.19. The molecule has 23 heavy (non-hydrogen) atoms. The SMILES string of the molecule is CCOC(=O)C(C[C@@H]1CCC[N+]2(C)CCCC[C@H]12)C(=O)OCC. The van der Waals surface area contributed by atoms with Crippen LogP contribution in [0.4, 0.5) is 0 Å². The van der Waals surface area contributed by atoms with E-state index in [0.717, 1.165) is 10.9 Å². The lowest BCUT2D eigenvalue weighted by Gasteiger charge is -2.51. The summed E-state index contributed by atoms with van der Waals surface area (Å²) in [6, 6.07) is 0.573. The second-order valence-electron chi connectivity index (χ2n) is 7.18. The molecule has 2 saturated heterocycles. The van der Waals surface area contributed by atoms with Crippen LogP contribution in [0.3, 0.4) is 0 Å². The third kappa shape index (κ3) is 4.25. The number of rotatable bonds is 6. The fourth-order valence-electron chi connectivity index (χ4n) is 4.59. The van der Waals surface area contributed by atoms with Crippen LogP contribution in [-0.4, -0.2) is 55.8 Å². The summed E-state index contributed by atoms with van der Waals surface area (Å²) in [5.74, 6) is -1.18. The van der Waals surface area contributed by atoms with E-state index in [1.54, 1.807) is 13.8 Å². The smallest absolute Gasteiger partial charge is 0.320 e. The Morgan fingerprint density at radius 3 is 2.22 bits per heavy atom. The molecule has 3 atom stereocenters. The molecule has 0 N–H and O–H groups in total. The lowest BCUT2D eigenvalue weighted by molar-refractivity contribution is -0.947. The van der Waals surface area contributed by atoms with Crippen LogP contribution in [0.5, 0.6) is 0 Å². The van der Waals surface area contributed by atoms with Gasteiger partial charge in [0.25, 0.3) is 0 Å². The molecule has 5 heteroatoms. The standard InChI is InChI=1S/C18H32NO4/c1-4-22-17(20)15(18(21)23-5-2)13-14-9-8-12-19(3)11-7-6-10-16(14)19/h14-16H,4-13H2,1-3H3/q+1/t14-,16+,19?/m0/s1. The Balaban J connectivity index is 2.10. The summed E-state index contributed by atoms with van der Waals surface area (Å²) in [7, 11) is 2.35. The Morgan fingerprint density at radius 2 is 1.61 bits per heavy atom. The van der Waals surface area contributed by atoms with Crippen LogP contribution in [-0.2, 0) is 19.1 Å². The summed E-state index contributed by atoms with van der Waals surface area (Å²) in [6.07, 6.45) is 6.62. The van der Waals surface area contributed by atoms with E-state index < -0.39 is 17.9 Å². The molecular formula is C18H32NO4+. The first kappa shape index (κ1) is 18.2. The molecule has 5 nitrogen and oxygen atoms in total. The van der Waals surface area contributed by atoms with Crippen molar-refractivity contribution in [1.29, 1.82) is 0 Å². The summed E-state index contributed by atoms with van der Waals surface area (Å²) in [5, 5.41) is 0. The molecule has 0 saturated carbocycles. The van der Waals surface area contributed by atoms with Crippen molar-refractivity contribution in [3.8, 4) is 0 Å². The minimum atomic E-state index is -0.756. The third-order valence-electron chi connectivity index (χ3n) is 5.69. The van der Waals surface area contributed by atoms with Crippen molar-refractivity contribution >= 4 is 11.9 Å². The number of carbonyl (C=O) groups is 2. The molecule has 2 aliphatic heterocycles. The van der Waals surface area contributed by atoms with Gasteiger partial charge in [-0.15, -0.1) is 0 Å². The zero-order chi connectivity index (χ0) is 16.9. The Hall–Kier alpha value is -1.10. The molecule has 0 amide bonds. The van der Waals surface area contributed by atoms with Gasteiger partial charge >= 0.3 is 11.9 Å². The summed E-state index contributed by atoms with van der Waals surface area (Å²) in [6.45, 7) is 6.61. The van der Waals surface area contributed by atoms with E-state index in [0.29, 0.717) is 31.6 Å². The molecule has 2 heterocycles. The van der Waals surface area contributed by atoms with Crippen LogP contribution in [0, 0.1) is 11.8 Å². The molecule has 0 radical (unpaired) electrons. The van der Waals surface area contributed by atoms with Crippen molar-refractivity contribution in [2.45, 2.75) is 58.4 Å². The number of hydrogen-bond acceptors (Lipinski definition) is 4. The predicted molar refractivity (Wildman–Crippen MR) is 87.7 cm³/mol. The lowest BCUT2D eigenvalue weighted by Crippen LogP contribution is -2.61. The van der Waals surface area contributed by atoms with E-state index in [4.69, 9.17) is 9.47 Å². The van der Waals surface area contributed by atoms with E-state index in [2.05, 4.69) is 7.05 Å². The van der Waals surface area contributed by atoms with Crippen molar-refractivity contribution in [3.05, 3.63) is 0 Å². The molecule has 2 rings (SSSR count). The first-order chi connectivity index (χ1) is 11.0. The summed E-state index contributed by atoms with van der Waals surface area (Å²) < 4.78 is 11.4. The van der Waals surface area contributed by atoms with Crippen LogP contribution in [0.1, 0.15) is 52.4 Å². The predicted octanol–water partition coefficient (Wildman–Crippen LogP) is 2.53. The second kappa shape index (κ2) is 8.13. The summed E-state index contributed by atoms with van der Waals surface area (Å²) in [4.78, 5) is 24.5. The van der Waals surface area contributed by atoms with Crippen molar-refractivity contribution in [1.82, 2.24) is 0 Å². The minimum Gasteiger partial charge on any atom is -0.465 e. The maximum Gasteiger partial charge on any atom is 0.320 e. The number of carbonyl (C=O) groups excluding carboxylic acids is 2. The van der Waals surface area contributed by atoms with Gasteiger partial charge in [-0.25, -0.2) is 0 Å². The fourth-order valence-corrected chi connectivity index (χ4v) is 4.59. The maximum absolute atomic E-state index is 12.2. The van der Waals surface area contributed by atoms with Gasteiger partial charge in [-0.1, -0.05) is 0 Å². The van der Waals surface area contributed by atoms with Crippen molar-refractivity contribution in [3.63, 3.8) is 0 Å². The normalized spacial score (nSPS) is 30.6. The Bertz CT molecular complexity index is 403. The summed E-state index contributed by atoms with van der Waals surface area (Å²) in [5.41, 5.74) is 0. The fraction of sp³-hybridized carbons (Fsp3) is 0.889. The molecule has 0 aromatic carbocycles. The topological polar surface area (TPSA) is 52.6 Å². The highest BCUT2D eigenvalue weighted by molar-refractivity contribution is 5.94. The second-order valence-corrected chi connectivity index (χ2v) is 7.18. The van der Waals surface area contributed by atoms with Crippen molar-refractivity contribution in [2.75, 3.05) is 33.4 Å². The molecule has 132 valence electrons. The number of fused-ring (bicyclic) bond motifs is 1. The van der Waals surface area contributed by atoms with Gasteiger partial charge in [-0.3, -0.25) is 9.59 Å². The Labute approximate surface area is 139 Å². The van der Waals surface area contributed by atoms with E-state index in [9.17, 15) is 9.59 Å². The molecule has 0 aliphatic carbocycles. The van der Waals surface area contributed by atoms with Crippen LogP contribution in [0.15, 0.2) is 0 Å². The van der Waals surface area contributed by atoms with E-state index >= 15 is 0 Å². The maximum atomic E-state index is 12.2. The van der Waals surface area contributed by atoms with Gasteiger partial charge in [-0.2, -0.15) is 0 Å². The first-order valence-electron chi connectivity index (χ1n) is 9.19. The van der Waals surface area contributed by atoms with Crippen LogP contribution in [0.25, 0.3) is 0 Å². The lowest BCUT2D eigenvalue weighted by atomic mass is 9.77. The van der Waals surface area contributed by atoms with E-state index in [1.807, 2.05) is 0 Å². The van der Waals surface area contributed by atoms with Gasteiger partial charge < -0.3 is 14.0 Å². The highest BCUT2D eigenvalue weighted by Crippen LogP contribution is 2.39. The minimum absolute atomic E-state index is 0.302. The number of hydrogen-bond donors (Lipinski definition) is 0. The number of ether oxygens (including phenoxy) is 2. The molecule has 0 bridgehead atoms. The molecule has 1 unspecified atom stereocenters. The average Bonchev–Trinajstić information content (AvgIpc) is 2.52.